The summed E-state index contributed by atoms with van der Waals surface area (Å²) in [6, 6.07) is 0.849. The maximum absolute atomic E-state index is 6.17. The van der Waals surface area contributed by atoms with Gasteiger partial charge in [-0.05, 0) is 19.3 Å². The monoisotopic (exact) mass is 262 g/mol. The Morgan fingerprint density at radius 1 is 1.32 bits per heavy atom. The maximum atomic E-state index is 6.17. The summed E-state index contributed by atoms with van der Waals surface area (Å²) in [7, 11) is 0. The van der Waals surface area contributed by atoms with Crippen molar-refractivity contribution in [3.8, 4) is 0 Å². The molecule has 104 valence electrons. The molecule has 1 aliphatic carbocycles. The second-order valence-corrected chi connectivity index (χ2v) is 6.24. The molecular formula is C13H22N6. The average molecular weight is 262 g/mol. The molecule has 19 heavy (non-hydrogen) atoms. The molecule has 2 aliphatic heterocycles. The van der Waals surface area contributed by atoms with Crippen LogP contribution in [0.1, 0.15) is 25.1 Å². The van der Waals surface area contributed by atoms with Crippen LogP contribution >= 0.6 is 0 Å². The zero-order valence-electron chi connectivity index (χ0n) is 11.3. The fourth-order valence-electron chi connectivity index (χ4n) is 3.66. The highest BCUT2D eigenvalue weighted by molar-refractivity contribution is 5.06. The van der Waals surface area contributed by atoms with Gasteiger partial charge < -0.3 is 10.3 Å². The lowest BCUT2D eigenvalue weighted by molar-refractivity contribution is 0.0676. The van der Waals surface area contributed by atoms with Crippen molar-refractivity contribution in [2.75, 3.05) is 26.2 Å². The molecule has 2 N–H and O–H groups in total. The Balaban J connectivity index is 1.53. The van der Waals surface area contributed by atoms with Gasteiger partial charge in [-0.2, -0.15) is 0 Å². The molecule has 1 atom stereocenters. The first-order valence-electron chi connectivity index (χ1n) is 7.37. The first kappa shape index (κ1) is 11.8. The minimum absolute atomic E-state index is 0.166. The van der Waals surface area contributed by atoms with Crippen LogP contribution in [0.2, 0.25) is 0 Å². The molecule has 0 aromatic carbocycles. The SMILES string of the molecule is NCC1(N2CCn3cnnc3C2)CCN(C2CC2)C1. The van der Waals surface area contributed by atoms with Crippen molar-refractivity contribution in [3.05, 3.63) is 12.2 Å². The van der Waals surface area contributed by atoms with Gasteiger partial charge in [0.25, 0.3) is 0 Å². The maximum Gasteiger partial charge on any atom is 0.147 e. The Kier molecular flexibility index (Phi) is 2.65. The third-order valence-corrected chi connectivity index (χ3v) is 5.11. The van der Waals surface area contributed by atoms with Crippen molar-refractivity contribution in [2.24, 2.45) is 5.73 Å². The van der Waals surface area contributed by atoms with E-state index in [1.54, 1.807) is 0 Å². The van der Waals surface area contributed by atoms with E-state index in [-0.39, 0.29) is 5.54 Å². The molecule has 1 saturated heterocycles. The van der Waals surface area contributed by atoms with E-state index >= 15 is 0 Å². The molecule has 1 aromatic heterocycles. The molecule has 0 spiro atoms. The van der Waals surface area contributed by atoms with Crippen molar-refractivity contribution >= 4 is 0 Å². The fourth-order valence-corrected chi connectivity index (χ4v) is 3.66. The lowest BCUT2D eigenvalue weighted by Gasteiger charge is -2.42. The summed E-state index contributed by atoms with van der Waals surface area (Å²) in [5, 5.41) is 8.24. The van der Waals surface area contributed by atoms with E-state index in [2.05, 4.69) is 24.6 Å². The van der Waals surface area contributed by atoms with Crippen molar-refractivity contribution in [1.82, 2.24) is 24.6 Å². The van der Waals surface area contributed by atoms with Crippen LogP contribution in [0.15, 0.2) is 6.33 Å². The summed E-state index contributed by atoms with van der Waals surface area (Å²) in [6.07, 6.45) is 5.81. The number of rotatable bonds is 3. The zero-order valence-corrected chi connectivity index (χ0v) is 11.3. The highest BCUT2D eigenvalue weighted by atomic mass is 15.4. The molecule has 6 heteroatoms. The van der Waals surface area contributed by atoms with E-state index < -0.39 is 0 Å². The summed E-state index contributed by atoms with van der Waals surface area (Å²) >= 11 is 0. The quantitative estimate of drug-likeness (QED) is 0.807. The van der Waals surface area contributed by atoms with E-state index in [4.69, 9.17) is 5.73 Å². The second-order valence-electron chi connectivity index (χ2n) is 6.24. The van der Waals surface area contributed by atoms with Gasteiger partial charge in [-0.25, -0.2) is 0 Å². The van der Waals surface area contributed by atoms with E-state index in [1.165, 1.54) is 25.8 Å². The van der Waals surface area contributed by atoms with E-state index in [0.29, 0.717) is 0 Å². The third-order valence-electron chi connectivity index (χ3n) is 5.11. The standard InChI is InChI=1S/C13H22N6/c14-8-13(3-4-17(9-13)11-1-2-11)19-6-5-18-10-15-16-12(18)7-19/h10-11H,1-9,14H2. The first-order chi connectivity index (χ1) is 9.31. The topological polar surface area (TPSA) is 63.2 Å². The zero-order chi connectivity index (χ0) is 12.9. The predicted octanol–water partition coefficient (Wildman–Crippen LogP) is -0.341. The summed E-state index contributed by atoms with van der Waals surface area (Å²) in [5.41, 5.74) is 6.33. The highest BCUT2D eigenvalue weighted by Gasteiger charge is 2.46. The molecule has 1 aromatic rings. The molecule has 3 aliphatic rings. The van der Waals surface area contributed by atoms with Gasteiger partial charge in [0.15, 0.2) is 0 Å². The molecule has 3 heterocycles. The fraction of sp³-hybridized carbons (Fsp3) is 0.846. The number of hydrogen-bond acceptors (Lipinski definition) is 5. The summed E-state index contributed by atoms with van der Waals surface area (Å²) in [6.45, 7) is 6.07. The van der Waals surface area contributed by atoms with Crippen LogP contribution in [0.4, 0.5) is 0 Å². The van der Waals surface area contributed by atoms with Gasteiger partial charge in [-0.15, -0.1) is 10.2 Å². The van der Waals surface area contributed by atoms with Crippen LogP contribution in [-0.4, -0.2) is 62.3 Å². The Bertz CT molecular complexity index is 467. The molecular weight excluding hydrogens is 240 g/mol. The van der Waals surface area contributed by atoms with Gasteiger partial charge in [0, 0.05) is 44.3 Å². The van der Waals surface area contributed by atoms with Crippen LogP contribution in [0.3, 0.4) is 0 Å². The molecule has 0 bridgehead atoms. The van der Waals surface area contributed by atoms with Crippen molar-refractivity contribution in [2.45, 2.75) is 43.9 Å². The van der Waals surface area contributed by atoms with E-state index in [0.717, 1.165) is 44.6 Å². The van der Waals surface area contributed by atoms with Gasteiger partial charge in [0.2, 0.25) is 0 Å². The van der Waals surface area contributed by atoms with Crippen LogP contribution < -0.4 is 5.73 Å². The van der Waals surface area contributed by atoms with Gasteiger partial charge in [-0.3, -0.25) is 9.80 Å². The van der Waals surface area contributed by atoms with E-state index in [1.807, 2.05) is 6.33 Å². The van der Waals surface area contributed by atoms with Gasteiger partial charge in [0.1, 0.15) is 12.2 Å². The Labute approximate surface area is 113 Å². The van der Waals surface area contributed by atoms with Gasteiger partial charge in [-0.1, -0.05) is 0 Å². The molecule has 6 nitrogen and oxygen atoms in total. The molecule has 2 fully saturated rings. The third kappa shape index (κ3) is 1.89. The number of likely N-dealkylation sites (tertiary alicyclic amines) is 1. The predicted molar refractivity (Wildman–Crippen MR) is 71.4 cm³/mol. The molecule has 4 rings (SSSR count). The molecule has 0 amide bonds. The van der Waals surface area contributed by atoms with Gasteiger partial charge in [0.05, 0.1) is 6.54 Å². The van der Waals surface area contributed by atoms with Gasteiger partial charge >= 0.3 is 0 Å². The number of aromatic nitrogens is 3. The summed E-state index contributed by atoms with van der Waals surface area (Å²) in [5.74, 6) is 1.09. The smallest absolute Gasteiger partial charge is 0.147 e. The first-order valence-corrected chi connectivity index (χ1v) is 7.37. The molecule has 0 radical (unpaired) electrons. The van der Waals surface area contributed by atoms with Crippen LogP contribution in [0, 0.1) is 0 Å². The largest absolute Gasteiger partial charge is 0.329 e. The summed E-state index contributed by atoms with van der Waals surface area (Å²) < 4.78 is 2.16. The minimum Gasteiger partial charge on any atom is -0.329 e. The average Bonchev–Trinajstić information content (AvgIpc) is 3.04. The minimum atomic E-state index is 0.166. The normalized spacial score (nSPS) is 32.7. The van der Waals surface area contributed by atoms with Crippen molar-refractivity contribution in [3.63, 3.8) is 0 Å². The molecule has 1 unspecified atom stereocenters. The molecule has 1 saturated carbocycles. The highest BCUT2D eigenvalue weighted by Crippen LogP contribution is 2.36. The number of fused-ring (bicyclic) bond motifs is 1. The van der Waals surface area contributed by atoms with Crippen LogP contribution in [-0.2, 0) is 13.1 Å². The lowest BCUT2D eigenvalue weighted by atomic mass is 9.95. The lowest BCUT2D eigenvalue weighted by Crippen LogP contribution is -2.57. The summed E-state index contributed by atoms with van der Waals surface area (Å²) in [4.78, 5) is 5.20. The van der Waals surface area contributed by atoms with Crippen molar-refractivity contribution < 1.29 is 0 Å². The van der Waals surface area contributed by atoms with Crippen LogP contribution in [0.5, 0.6) is 0 Å². The van der Waals surface area contributed by atoms with Crippen molar-refractivity contribution in [1.29, 1.82) is 0 Å². The van der Waals surface area contributed by atoms with E-state index in [9.17, 15) is 0 Å². The Morgan fingerprint density at radius 3 is 3.00 bits per heavy atom. The number of hydrogen-bond donors (Lipinski definition) is 1. The van der Waals surface area contributed by atoms with Crippen LogP contribution in [0.25, 0.3) is 0 Å². The Morgan fingerprint density at radius 2 is 2.21 bits per heavy atom. The second kappa shape index (κ2) is 4.26. The Hall–Kier alpha value is -0.980. The number of nitrogens with two attached hydrogens (primary N) is 1. The number of nitrogens with zero attached hydrogens (tertiary/aromatic N) is 5.